The number of carbonyl (C=O) groups is 1. The normalized spacial score (nSPS) is 11.3. The molecule has 0 fully saturated rings. The summed E-state index contributed by atoms with van der Waals surface area (Å²) in [7, 11) is 0. The molecule has 1 N–H and O–H groups in total. The number of amides is 1. The fourth-order valence-electron chi connectivity index (χ4n) is 1.34. The number of furan rings is 1. The molecule has 0 bridgehead atoms. The van der Waals surface area contributed by atoms with Crippen LogP contribution in [0.3, 0.4) is 0 Å². The molecule has 0 saturated carbocycles. The Hall–Kier alpha value is -2.43. The number of nitrogens with one attached hydrogen (secondary N) is 1. The molecule has 1 aromatic carbocycles. The highest BCUT2D eigenvalue weighted by atomic mass is 19.1. The van der Waals surface area contributed by atoms with Gasteiger partial charge in [-0.25, -0.2) is 9.82 Å². The number of hydrogen-bond donors (Lipinski definition) is 1. The van der Waals surface area contributed by atoms with Crippen molar-refractivity contribution in [3.8, 4) is 0 Å². The topological polar surface area (TPSA) is 54.6 Å². The summed E-state index contributed by atoms with van der Waals surface area (Å²) >= 11 is 0. The number of halogens is 1. The van der Waals surface area contributed by atoms with Crippen molar-refractivity contribution in [2.45, 2.75) is 6.92 Å². The number of rotatable bonds is 3. The van der Waals surface area contributed by atoms with Crippen molar-refractivity contribution in [3.05, 3.63) is 59.8 Å². The van der Waals surface area contributed by atoms with Crippen molar-refractivity contribution in [2.75, 3.05) is 0 Å². The van der Waals surface area contributed by atoms with Crippen molar-refractivity contribution in [3.63, 3.8) is 0 Å². The molecule has 1 amide bonds. The van der Waals surface area contributed by atoms with Crippen LogP contribution in [0.1, 0.15) is 23.0 Å². The second-order valence-corrected chi connectivity index (χ2v) is 3.62. The smallest absolute Gasteiger partial charge is 0.271 e. The lowest BCUT2D eigenvalue weighted by Gasteiger charge is -2.01. The standard InChI is InChI=1S/C13H11FN2O2/c1-9(12-3-2-8-18-12)15-16-13(17)10-4-6-11(14)7-5-10/h2-8H,1H3,(H,16,17)/b15-9+. The van der Waals surface area contributed by atoms with E-state index in [0.29, 0.717) is 17.0 Å². The van der Waals surface area contributed by atoms with Crippen LogP contribution in [0.25, 0.3) is 0 Å². The number of benzene rings is 1. The van der Waals surface area contributed by atoms with Gasteiger partial charge >= 0.3 is 0 Å². The van der Waals surface area contributed by atoms with E-state index in [1.807, 2.05) is 0 Å². The number of carbonyl (C=O) groups excluding carboxylic acids is 1. The van der Waals surface area contributed by atoms with Crippen LogP contribution >= 0.6 is 0 Å². The van der Waals surface area contributed by atoms with Crippen LogP contribution in [0.15, 0.2) is 52.2 Å². The molecule has 1 heterocycles. The molecular formula is C13H11FN2O2. The fourth-order valence-corrected chi connectivity index (χ4v) is 1.34. The lowest BCUT2D eigenvalue weighted by molar-refractivity contribution is 0.0955. The minimum Gasteiger partial charge on any atom is -0.463 e. The summed E-state index contributed by atoms with van der Waals surface area (Å²) in [5.74, 6) is -0.211. The summed E-state index contributed by atoms with van der Waals surface area (Å²) in [6.45, 7) is 1.71. The summed E-state index contributed by atoms with van der Waals surface area (Å²) in [6.07, 6.45) is 1.52. The maximum atomic E-state index is 12.7. The van der Waals surface area contributed by atoms with Gasteiger partial charge in [-0.05, 0) is 43.3 Å². The predicted molar refractivity (Wildman–Crippen MR) is 64.8 cm³/mol. The van der Waals surface area contributed by atoms with Crippen LogP contribution in [0, 0.1) is 5.82 Å². The molecule has 2 aromatic rings. The van der Waals surface area contributed by atoms with Gasteiger partial charge < -0.3 is 4.42 Å². The monoisotopic (exact) mass is 246 g/mol. The van der Waals surface area contributed by atoms with E-state index in [-0.39, 0.29) is 5.82 Å². The number of hydrogen-bond acceptors (Lipinski definition) is 3. The van der Waals surface area contributed by atoms with E-state index < -0.39 is 5.91 Å². The Labute approximate surface area is 103 Å². The van der Waals surface area contributed by atoms with Crippen molar-refractivity contribution < 1.29 is 13.6 Å². The van der Waals surface area contributed by atoms with Crippen LogP contribution in [0.2, 0.25) is 0 Å². The molecular weight excluding hydrogens is 235 g/mol. The highest BCUT2D eigenvalue weighted by Crippen LogP contribution is 2.04. The van der Waals surface area contributed by atoms with E-state index in [4.69, 9.17) is 4.42 Å². The third-order valence-corrected chi connectivity index (χ3v) is 2.31. The van der Waals surface area contributed by atoms with Crippen LogP contribution < -0.4 is 5.43 Å². The first-order chi connectivity index (χ1) is 8.66. The first-order valence-corrected chi connectivity index (χ1v) is 5.31. The minimum atomic E-state index is -0.402. The molecule has 0 aliphatic heterocycles. The molecule has 0 aliphatic carbocycles. The van der Waals surface area contributed by atoms with Gasteiger partial charge in [-0.1, -0.05) is 0 Å². The summed E-state index contributed by atoms with van der Waals surface area (Å²) in [6, 6.07) is 8.69. The average Bonchev–Trinajstić information content (AvgIpc) is 2.90. The van der Waals surface area contributed by atoms with E-state index in [9.17, 15) is 9.18 Å². The van der Waals surface area contributed by atoms with Crippen molar-refractivity contribution in [1.29, 1.82) is 0 Å². The first kappa shape index (κ1) is 12.0. The summed E-state index contributed by atoms with van der Waals surface area (Å²) in [5, 5.41) is 3.89. The highest BCUT2D eigenvalue weighted by Gasteiger charge is 2.05. The molecule has 0 saturated heterocycles. The molecule has 92 valence electrons. The fraction of sp³-hybridized carbons (Fsp3) is 0.0769. The molecule has 1 aromatic heterocycles. The summed E-state index contributed by atoms with van der Waals surface area (Å²) in [4.78, 5) is 11.7. The van der Waals surface area contributed by atoms with Gasteiger partial charge in [-0.15, -0.1) is 0 Å². The zero-order valence-corrected chi connectivity index (χ0v) is 9.68. The largest absolute Gasteiger partial charge is 0.463 e. The second-order valence-electron chi connectivity index (χ2n) is 3.62. The molecule has 0 radical (unpaired) electrons. The quantitative estimate of drug-likeness (QED) is 0.668. The van der Waals surface area contributed by atoms with Crippen LogP contribution in [0.5, 0.6) is 0 Å². The Balaban J connectivity index is 2.04. The third kappa shape index (κ3) is 2.82. The van der Waals surface area contributed by atoms with Gasteiger partial charge in [0.25, 0.3) is 5.91 Å². The van der Waals surface area contributed by atoms with Crippen LogP contribution in [-0.2, 0) is 0 Å². The van der Waals surface area contributed by atoms with E-state index in [0.717, 1.165) is 0 Å². The minimum absolute atomic E-state index is 0.340. The molecule has 18 heavy (non-hydrogen) atoms. The van der Waals surface area contributed by atoms with Gasteiger partial charge in [0.05, 0.1) is 6.26 Å². The maximum absolute atomic E-state index is 12.7. The van der Waals surface area contributed by atoms with Crippen LogP contribution in [0.4, 0.5) is 4.39 Å². The first-order valence-electron chi connectivity index (χ1n) is 5.31. The number of nitrogens with zero attached hydrogens (tertiary/aromatic N) is 1. The van der Waals surface area contributed by atoms with Crippen molar-refractivity contribution in [1.82, 2.24) is 5.43 Å². The van der Waals surface area contributed by atoms with E-state index >= 15 is 0 Å². The van der Waals surface area contributed by atoms with E-state index in [2.05, 4.69) is 10.5 Å². The third-order valence-electron chi connectivity index (χ3n) is 2.31. The summed E-state index contributed by atoms with van der Waals surface area (Å²) in [5.41, 5.74) is 3.26. The predicted octanol–water partition coefficient (Wildman–Crippen LogP) is 2.57. The van der Waals surface area contributed by atoms with Gasteiger partial charge in [0.1, 0.15) is 17.3 Å². The number of hydrazone groups is 1. The average molecular weight is 246 g/mol. The Morgan fingerprint density at radius 3 is 2.61 bits per heavy atom. The van der Waals surface area contributed by atoms with Gasteiger partial charge in [0.2, 0.25) is 0 Å². The molecule has 0 aliphatic rings. The molecule has 0 unspecified atom stereocenters. The Morgan fingerprint density at radius 2 is 2.00 bits per heavy atom. The van der Waals surface area contributed by atoms with Crippen molar-refractivity contribution in [2.24, 2.45) is 5.10 Å². The van der Waals surface area contributed by atoms with Gasteiger partial charge in [-0.2, -0.15) is 5.10 Å². The SMILES string of the molecule is C/C(=N\NC(=O)c1ccc(F)cc1)c1ccco1. The zero-order chi connectivity index (χ0) is 13.0. The highest BCUT2D eigenvalue weighted by molar-refractivity contribution is 5.99. The second kappa shape index (κ2) is 5.27. The maximum Gasteiger partial charge on any atom is 0.271 e. The summed E-state index contributed by atoms with van der Waals surface area (Å²) < 4.78 is 17.8. The zero-order valence-electron chi connectivity index (χ0n) is 9.68. The molecule has 4 nitrogen and oxygen atoms in total. The molecule has 0 atom stereocenters. The lowest BCUT2D eigenvalue weighted by Crippen LogP contribution is -2.19. The van der Waals surface area contributed by atoms with E-state index in [1.54, 1.807) is 19.1 Å². The lowest BCUT2D eigenvalue weighted by atomic mass is 10.2. The Kier molecular flexibility index (Phi) is 3.52. The van der Waals surface area contributed by atoms with E-state index in [1.165, 1.54) is 30.5 Å². The Morgan fingerprint density at radius 1 is 1.28 bits per heavy atom. The van der Waals surface area contributed by atoms with Gasteiger partial charge in [0, 0.05) is 5.56 Å². The molecule has 5 heteroatoms. The molecule has 0 spiro atoms. The van der Waals surface area contributed by atoms with Gasteiger partial charge in [-0.3, -0.25) is 4.79 Å². The Bertz CT molecular complexity index is 559. The molecule has 2 rings (SSSR count). The van der Waals surface area contributed by atoms with Crippen LogP contribution in [-0.4, -0.2) is 11.6 Å². The van der Waals surface area contributed by atoms with Crippen molar-refractivity contribution >= 4 is 11.6 Å². The van der Waals surface area contributed by atoms with Gasteiger partial charge in [0.15, 0.2) is 0 Å².